The third kappa shape index (κ3) is 2.92. The van der Waals surface area contributed by atoms with Crippen LogP contribution in [0, 0.1) is 0 Å². The number of pyridine rings is 1. The second-order valence-corrected chi connectivity index (χ2v) is 11.5. The monoisotopic (exact) mass is 492 g/mol. The lowest BCUT2D eigenvalue weighted by Gasteiger charge is -2.51. The lowest BCUT2D eigenvalue weighted by molar-refractivity contribution is 0.617. The molecule has 0 atom stereocenters. The average Bonchev–Trinajstić information content (AvgIpc) is 2.95. The first-order valence-corrected chi connectivity index (χ1v) is 13.6. The molecule has 3 heterocycles. The molecule has 0 spiro atoms. The minimum Gasteiger partial charge on any atom is -0.294 e. The van der Waals surface area contributed by atoms with Crippen molar-refractivity contribution in [1.29, 1.82) is 0 Å². The van der Waals surface area contributed by atoms with Crippen LogP contribution < -0.4 is 4.90 Å². The van der Waals surface area contributed by atoms with Crippen LogP contribution in [0.3, 0.4) is 0 Å². The van der Waals surface area contributed by atoms with E-state index in [4.69, 9.17) is 4.98 Å². The van der Waals surface area contributed by atoms with Crippen LogP contribution in [0.15, 0.2) is 115 Å². The maximum atomic E-state index is 5.14. The van der Waals surface area contributed by atoms with Crippen molar-refractivity contribution in [2.24, 2.45) is 0 Å². The highest BCUT2D eigenvalue weighted by atomic mass is 15.2. The molecule has 2 nitrogen and oxygen atoms in total. The molecule has 186 valence electrons. The van der Waals surface area contributed by atoms with E-state index in [1.807, 2.05) is 6.20 Å². The molecule has 0 aliphatic carbocycles. The smallest absolute Gasteiger partial charge is 0.142 e. The molecule has 2 aliphatic heterocycles. The fraction of sp³-hybridized carbons (Fsp3) is 0.194. The van der Waals surface area contributed by atoms with Crippen molar-refractivity contribution in [2.45, 2.75) is 44.4 Å². The Bertz CT molecular complexity index is 1630. The van der Waals surface area contributed by atoms with Gasteiger partial charge in [-0.1, -0.05) is 125 Å². The molecule has 1 aromatic heterocycles. The molecule has 0 saturated carbocycles. The fourth-order valence-electron chi connectivity index (χ4n) is 6.88. The largest absolute Gasteiger partial charge is 0.294 e. The van der Waals surface area contributed by atoms with E-state index in [1.165, 1.54) is 50.3 Å². The Balaban J connectivity index is 1.68. The summed E-state index contributed by atoms with van der Waals surface area (Å²) in [6.45, 7) is 9.28. The number of benzene rings is 4. The molecule has 7 rings (SSSR count). The molecule has 0 radical (unpaired) electrons. The van der Waals surface area contributed by atoms with Crippen LogP contribution in [0.4, 0.5) is 17.2 Å². The normalized spacial score (nSPS) is 16.0. The van der Waals surface area contributed by atoms with Gasteiger partial charge in [-0.15, -0.1) is 0 Å². The number of rotatable bonds is 3. The van der Waals surface area contributed by atoms with Crippen LogP contribution in [0.2, 0.25) is 0 Å². The summed E-state index contributed by atoms with van der Waals surface area (Å²) in [6.07, 6.45) is 1.94. The number of aromatic nitrogens is 1. The molecule has 0 N–H and O–H groups in total. The maximum Gasteiger partial charge on any atom is 0.142 e. The Hall–Kier alpha value is -4.17. The summed E-state index contributed by atoms with van der Waals surface area (Å²) in [5, 5.41) is 0. The van der Waals surface area contributed by atoms with Crippen molar-refractivity contribution >= 4 is 17.2 Å². The average molecular weight is 493 g/mol. The zero-order chi connectivity index (χ0) is 26.1. The van der Waals surface area contributed by atoms with Gasteiger partial charge in [-0.2, -0.15) is 0 Å². The van der Waals surface area contributed by atoms with Crippen LogP contribution in [0.25, 0.3) is 0 Å². The first kappa shape index (κ1) is 23.0. The fourth-order valence-corrected chi connectivity index (χ4v) is 6.88. The molecule has 0 fully saturated rings. The molecule has 2 aliphatic rings. The van der Waals surface area contributed by atoms with Crippen LogP contribution in [-0.2, 0) is 10.8 Å². The van der Waals surface area contributed by atoms with Gasteiger partial charge in [0.15, 0.2) is 0 Å². The molecule has 2 heteroatoms. The molecule has 0 unspecified atom stereocenters. The Kier molecular flexibility index (Phi) is 4.94. The van der Waals surface area contributed by atoms with E-state index in [9.17, 15) is 0 Å². The SMILES string of the molecule is CC(C)c1ccc2c(c1)N1c3ncccc3C(c3ccccc3)(c3ccccc3)c3cccc(c31)C2(C)C. The van der Waals surface area contributed by atoms with E-state index in [0.29, 0.717) is 5.92 Å². The van der Waals surface area contributed by atoms with Gasteiger partial charge >= 0.3 is 0 Å². The van der Waals surface area contributed by atoms with Gasteiger partial charge < -0.3 is 0 Å². The summed E-state index contributed by atoms with van der Waals surface area (Å²) in [6, 6.07) is 40.3. The van der Waals surface area contributed by atoms with Crippen molar-refractivity contribution in [3.63, 3.8) is 0 Å². The number of nitrogens with zero attached hydrogens (tertiary/aromatic N) is 2. The van der Waals surface area contributed by atoms with Gasteiger partial charge in [-0.25, -0.2) is 4.98 Å². The summed E-state index contributed by atoms with van der Waals surface area (Å²) in [5.74, 6) is 1.46. The van der Waals surface area contributed by atoms with E-state index < -0.39 is 5.41 Å². The van der Waals surface area contributed by atoms with Crippen LogP contribution in [0.1, 0.15) is 72.6 Å². The first-order chi connectivity index (χ1) is 18.5. The second kappa shape index (κ2) is 8.16. The molecular formula is C36H32N2. The van der Waals surface area contributed by atoms with E-state index in [0.717, 1.165) is 5.82 Å². The number of anilines is 3. The maximum absolute atomic E-state index is 5.14. The molecule has 5 aromatic rings. The van der Waals surface area contributed by atoms with Crippen molar-refractivity contribution < 1.29 is 0 Å². The quantitative estimate of drug-likeness (QED) is 0.245. The van der Waals surface area contributed by atoms with Gasteiger partial charge in [0, 0.05) is 17.2 Å². The third-order valence-corrected chi connectivity index (χ3v) is 8.76. The third-order valence-electron chi connectivity index (χ3n) is 8.76. The van der Waals surface area contributed by atoms with Crippen LogP contribution >= 0.6 is 0 Å². The Labute approximate surface area is 225 Å². The molecule has 38 heavy (non-hydrogen) atoms. The summed E-state index contributed by atoms with van der Waals surface area (Å²) < 4.78 is 0. The zero-order valence-corrected chi connectivity index (χ0v) is 22.4. The summed E-state index contributed by atoms with van der Waals surface area (Å²) in [7, 11) is 0. The minimum absolute atomic E-state index is 0.155. The van der Waals surface area contributed by atoms with Crippen LogP contribution in [0.5, 0.6) is 0 Å². The van der Waals surface area contributed by atoms with Gasteiger partial charge in [-0.05, 0) is 51.4 Å². The summed E-state index contributed by atoms with van der Waals surface area (Å²) >= 11 is 0. The highest BCUT2D eigenvalue weighted by Gasteiger charge is 2.51. The molecular weight excluding hydrogens is 460 g/mol. The predicted octanol–water partition coefficient (Wildman–Crippen LogP) is 9.01. The van der Waals surface area contributed by atoms with E-state index in [2.05, 4.69) is 142 Å². The van der Waals surface area contributed by atoms with Gasteiger partial charge in [0.2, 0.25) is 0 Å². The first-order valence-electron chi connectivity index (χ1n) is 13.6. The van der Waals surface area contributed by atoms with Crippen molar-refractivity contribution in [1.82, 2.24) is 4.98 Å². The highest BCUT2D eigenvalue weighted by molar-refractivity contribution is 5.93. The number of hydrogen-bond acceptors (Lipinski definition) is 2. The lowest BCUT2D eigenvalue weighted by atomic mass is 9.60. The summed E-state index contributed by atoms with van der Waals surface area (Å²) in [5.41, 5.74) is 10.9. The zero-order valence-electron chi connectivity index (χ0n) is 22.4. The Morgan fingerprint density at radius 1 is 0.632 bits per heavy atom. The second-order valence-electron chi connectivity index (χ2n) is 11.5. The van der Waals surface area contributed by atoms with Gasteiger partial charge in [0.05, 0.1) is 16.8 Å². The Morgan fingerprint density at radius 2 is 1.26 bits per heavy atom. The van der Waals surface area contributed by atoms with E-state index in [-0.39, 0.29) is 5.41 Å². The van der Waals surface area contributed by atoms with E-state index in [1.54, 1.807) is 0 Å². The minimum atomic E-state index is -0.489. The van der Waals surface area contributed by atoms with Gasteiger partial charge in [0.25, 0.3) is 0 Å². The standard InChI is InChI=1S/C36H32N2/c1-24(2)25-20-21-28-32(23-25)38-33-29(35(28,3)4)17-11-18-30(33)36(26-13-7-5-8-14-26,27-15-9-6-10-16-27)31-19-12-22-37-34(31)38/h5-24H,1-4H3. The highest BCUT2D eigenvalue weighted by Crippen LogP contribution is 2.62. The molecule has 0 amide bonds. The van der Waals surface area contributed by atoms with Crippen LogP contribution in [-0.4, -0.2) is 4.98 Å². The number of para-hydroxylation sites is 1. The molecule has 0 bridgehead atoms. The van der Waals surface area contributed by atoms with Crippen molar-refractivity contribution in [2.75, 3.05) is 4.90 Å². The van der Waals surface area contributed by atoms with Crippen molar-refractivity contribution in [3.8, 4) is 0 Å². The number of fused-ring (bicyclic) bond motifs is 4. The Morgan fingerprint density at radius 3 is 1.92 bits per heavy atom. The topological polar surface area (TPSA) is 16.1 Å². The predicted molar refractivity (Wildman–Crippen MR) is 157 cm³/mol. The van der Waals surface area contributed by atoms with E-state index >= 15 is 0 Å². The summed E-state index contributed by atoms with van der Waals surface area (Å²) in [4.78, 5) is 7.59. The number of hydrogen-bond donors (Lipinski definition) is 0. The lowest BCUT2D eigenvalue weighted by Crippen LogP contribution is -2.42. The van der Waals surface area contributed by atoms with Gasteiger partial charge in [-0.3, -0.25) is 4.90 Å². The molecule has 0 saturated heterocycles. The van der Waals surface area contributed by atoms with Gasteiger partial charge in [0.1, 0.15) is 5.82 Å². The van der Waals surface area contributed by atoms with Crippen molar-refractivity contribution in [3.05, 3.63) is 154 Å². The molecule has 4 aromatic carbocycles.